The molecule has 0 fully saturated rings. The molecular formula is C5H10O5P2. The highest BCUT2D eigenvalue weighted by atomic mass is 32.0. The molecule has 3 N–H and O–H groups in total. The highest BCUT2D eigenvalue weighted by Gasteiger charge is 1.95. The topological polar surface area (TPSA) is 79.2 Å². The highest BCUT2D eigenvalue weighted by Crippen LogP contribution is 2.40. The first-order valence-corrected chi connectivity index (χ1v) is 5.81. The molecular weight excluding hydrogens is 202 g/mol. The summed E-state index contributed by atoms with van der Waals surface area (Å²) in [5.74, 6) is 1.63. The summed E-state index contributed by atoms with van der Waals surface area (Å²) in [7, 11) is 1.31. The van der Waals surface area contributed by atoms with E-state index < -0.39 is 7.84 Å². The average Bonchev–Trinajstić information content (AvgIpc) is 2.16. The first kappa shape index (κ1) is 10.1. The summed E-state index contributed by atoms with van der Waals surface area (Å²) in [5.41, 5.74) is 0. The smallest absolute Gasteiger partial charge is 0.216 e. The minimum absolute atomic E-state index is 0.0390. The highest BCUT2D eigenvalue weighted by molar-refractivity contribution is 8.12. The van der Waals surface area contributed by atoms with E-state index in [4.69, 9.17) is 11.9 Å². The van der Waals surface area contributed by atoms with Crippen molar-refractivity contribution < 1.29 is 25.2 Å². The van der Waals surface area contributed by atoms with Crippen LogP contribution in [0.2, 0.25) is 0 Å². The van der Waals surface area contributed by atoms with Gasteiger partial charge in [-0.1, -0.05) is 15.0 Å². The van der Waals surface area contributed by atoms with Gasteiger partial charge < -0.3 is 9.78 Å². The molecule has 0 amide bonds. The van der Waals surface area contributed by atoms with E-state index in [2.05, 4.69) is 23.6 Å². The van der Waals surface area contributed by atoms with Crippen LogP contribution in [-0.4, -0.2) is 23.4 Å². The maximum absolute atomic E-state index is 8.22. The SMILES string of the molecule is [3H]OP(P)C=CC=C(COO)OO. The molecule has 12 heavy (non-hydrogen) atoms. The minimum Gasteiger partial charge on any atom is -0.366 e. The summed E-state index contributed by atoms with van der Waals surface area (Å²) in [5, 5.41) is 16.2. The van der Waals surface area contributed by atoms with Gasteiger partial charge in [-0.25, -0.2) is 10.1 Å². The van der Waals surface area contributed by atoms with E-state index in [0.29, 0.717) is 0 Å². The Hall–Kier alpha value is -0.0200. The van der Waals surface area contributed by atoms with Crippen LogP contribution in [0.3, 0.4) is 0 Å². The zero-order valence-electron chi connectivity index (χ0n) is 7.08. The molecule has 5 nitrogen and oxygen atoms in total. The van der Waals surface area contributed by atoms with Crippen LogP contribution in [0.15, 0.2) is 23.7 Å². The van der Waals surface area contributed by atoms with E-state index in [1.807, 2.05) is 0 Å². The van der Waals surface area contributed by atoms with Crippen LogP contribution in [-0.2, 0) is 9.78 Å². The van der Waals surface area contributed by atoms with Crippen LogP contribution in [0.4, 0.5) is 0 Å². The Bertz CT molecular complexity index is 186. The van der Waals surface area contributed by atoms with E-state index in [1.54, 1.807) is 5.82 Å². The van der Waals surface area contributed by atoms with Crippen LogP contribution in [0.25, 0.3) is 0 Å². The predicted octanol–water partition coefficient (Wildman–Crippen LogP) is 1.54. The number of hydrogen-bond donors (Lipinski definition) is 3. The normalized spacial score (nSPS) is 16.2. The van der Waals surface area contributed by atoms with E-state index in [0.717, 1.165) is 0 Å². The first-order valence-electron chi connectivity index (χ1n) is 3.27. The second kappa shape index (κ2) is 7.62. The molecule has 70 valence electrons. The van der Waals surface area contributed by atoms with Crippen molar-refractivity contribution in [1.29, 1.82) is 1.43 Å². The van der Waals surface area contributed by atoms with Crippen molar-refractivity contribution in [3.05, 3.63) is 23.7 Å². The van der Waals surface area contributed by atoms with Gasteiger partial charge in [0.1, 0.15) is 6.61 Å². The van der Waals surface area contributed by atoms with E-state index in [-0.39, 0.29) is 12.4 Å². The molecule has 0 bridgehead atoms. The molecule has 0 spiro atoms. The van der Waals surface area contributed by atoms with Crippen molar-refractivity contribution in [1.82, 2.24) is 0 Å². The molecule has 0 aliphatic carbocycles. The Labute approximate surface area is 74.6 Å². The third-order valence-corrected chi connectivity index (χ3v) is 1.82. The van der Waals surface area contributed by atoms with Crippen molar-refractivity contribution in [2.24, 2.45) is 0 Å². The average molecular weight is 214 g/mol. The molecule has 7 heteroatoms. The minimum atomic E-state index is -1.01. The van der Waals surface area contributed by atoms with Gasteiger partial charge in [0.25, 0.3) is 0 Å². The van der Waals surface area contributed by atoms with Crippen LogP contribution in [0, 0.1) is 0 Å². The Morgan fingerprint density at radius 2 is 2.42 bits per heavy atom. The van der Waals surface area contributed by atoms with Gasteiger partial charge in [0.15, 0.2) is 5.76 Å². The lowest BCUT2D eigenvalue weighted by Gasteiger charge is -1.97. The lowest BCUT2D eigenvalue weighted by Crippen LogP contribution is -1.96. The molecule has 0 saturated carbocycles. The van der Waals surface area contributed by atoms with Crippen molar-refractivity contribution in [3.8, 4) is 0 Å². The summed E-state index contributed by atoms with van der Waals surface area (Å²) in [4.78, 5) is 11.8. The molecule has 0 aromatic rings. The molecule has 2 unspecified atom stereocenters. The lowest BCUT2D eigenvalue weighted by atomic mass is 10.4. The summed E-state index contributed by atoms with van der Waals surface area (Å²) < 4.78 is 6.51. The van der Waals surface area contributed by atoms with Gasteiger partial charge >= 0.3 is 0 Å². The summed E-state index contributed by atoms with van der Waals surface area (Å²) in [6, 6.07) is 0. The van der Waals surface area contributed by atoms with Gasteiger partial charge in [-0.15, -0.1) is 0 Å². The number of rotatable bonds is 6. The first-order chi connectivity index (χ1) is 6.24. The van der Waals surface area contributed by atoms with Crippen LogP contribution >= 0.6 is 16.8 Å². The Morgan fingerprint density at radius 1 is 1.67 bits per heavy atom. The Kier molecular flexibility index (Phi) is 6.39. The standard InChI is InChI=1S/C5H10O5P2/c6-9-4-5(10-7)2-1-3-12(8)11/h1-3,6-8H,4,11H2/i8T. The zero-order chi connectivity index (χ0) is 10.1. The van der Waals surface area contributed by atoms with Gasteiger partial charge in [-0.2, -0.15) is 0 Å². The van der Waals surface area contributed by atoms with Crippen LogP contribution < -0.4 is 0 Å². The molecule has 0 aromatic heterocycles. The maximum atomic E-state index is 8.22. The summed E-state index contributed by atoms with van der Waals surface area (Å²) in [6.07, 6.45) is 2.88. The number of hydrogen-bond acceptors (Lipinski definition) is 5. The van der Waals surface area contributed by atoms with Gasteiger partial charge in [0.05, 0.1) is 7.84 Å². The monoisotopic (exact) mass is 214 g/mol. The van der Waals surface area contributed by atoms with Crippen LogP contribution in [0.1, 0.15) is 0 Å². The van der Waals surface area contributed by atoms with Gasteiger partial charge in [0, 0.05) is 0 Å². The molecule has 0 saturated heterocycles. The van der Waals surface area contributed by atoms with Gasteiger partial charge in [0.2, 0.25) is 1.43 Å². The fourth-order valence-electron chi connectivity index (χ4n) is 0.404. The van der Waals surface area contributed by atoms with Crippen molar-refractivity contribution >= 4 is 16.8 Å². The van der Waals surface area contributed by atoms with Gasteiger partial charge in [-0.3, -0.25) is 5.26 Å². The molecule has 2 atom stereocenters. The van der Waals surface area contributed by atoms with E-state index in [9.17, 15) is 0 Å². The number of allylic oxidation sites excluding steroid dienone is 2. The molecule has 0 rings (SSSR count). The zero-order valence-corrected chi connectivity index (χ0v) is 8.13. The largest absolute Gasteiger partial charge is 0.366 e. The fraction of sp³-hybridized carbons (Fsp3) is 0.200. The second-order valence-electron chi connectivity index (χ2n) is 1.70. The summed E-state index contributed by atoms with van der Waals surface area (Å²) in [6.45, 7) is -0.253. The van der Waals surface area contributed by atoms with Crippen molar-refractivity contribution in [2.45, 2.75) is 0 Å². The maximum Gasteiger partial charge on any atom is 0.216 e. The molecule has 0 heterocycles. The molecule has 0 radical (unpaired) electrons. The van der Waals surface area contributed by atoms with Crippen molar-refractivity contribution in [2.75, 3.05) is 6.61 Å². The third kappa shape index (κ3) is 6.68. The molecule has 0 aliphatic heterocycles. The Morgan fingerprint density at radius 3 is 2.92 bits per heavy atom. The Balaban J connectivity index is 3.96. The van der Waals surface area contributed by atoms with E-state index in [1.165, 1.54) is 12.2 Å². The van der Waals surface area contributed by atoms with Gasteiger partial charge in [-0.05, 0) is 11.9 Å². The van der Waals surface area contributed by atoms with Crippen LogP contribution in [0.5, 0.6) is 0 Å². The summed E-state index contributed by atoms with van der Waals surface area (Å²) >= 11 is 0. The lowest BCUT2D eigenvalue weighted by molar-refractivity contribution is -0.268. The quantitative estimate of drug-likeness (QED) is 0.205. The fourth-order valence-corrected chi connectivity index (χ4v) is 0.958. The molecule has 0 aliphatic rings. The van der Waals surface area contributed by atoms with E-state index >= 15 is 0 Å². The van der Waals surface area contributed by atoms with Crippen molar-refractivity contribution in [3.63, 3.8) is 0 Å². The predicted molar refractivity (Wildman–Crippen MR) is 48.4 cm³/mol. The second-order valence-corrected chi connectivity index (χ2v) is 4.24. The molecule has 0 aromatic carbocycles. The third-order valence-electron chi connectivity index (χ3n) is 0.839.